The van der Waals surface area contributed by atoms with E-state index in [1.54, 1.807) is 33.1 Å². The van der Waals surface area contributed by atoms with Crippen LogP contribution in [0.25, 0.3) is 0 Å². The molecule has 0 aliphatic carbocycles. The van der Waals surface area contributed by atoms with Gasteiger partial charge in [0.05, 0.1) is 19.1 Å². The van der Waals surface area contributed by atoms with E-state index < -0.39 is 16.1 Å². The number of sulfonamides is 1. The number of hydrogen-bond acceptors (Lipinski definition) is 5. The lowest BCUT2D eigenvalue weighted by Crippen LogP contribution is -2.37. The van der Waals surface area contributed by atoms with Crippen molar-refractivity contribution in [3.63, 3.8) is 0 Å². The first-order chi connectivity index (χ1) is 11.3. The van der Waals surface area contributed by atoms with Crippen LogP contribution in [-0.4, -0.2) is 64.1 Å². The third-order valence-electron chi connectivity index (χ3n) is 4.16. The first-order valence-electron chi connectivity index (χ1n) is 7.79. The van der Waals surface area contributed by atoms with E-state index in [4.69, 9.17) is 9.47 Å². The predicted octanol–water partition coefficient (Wildman–Crippen LogP) is 1.77. The van der Waals surface area contributed by atoms with Crippen molar-refractivity contribution in [2.45, 2.75) is 25.2 Å². The van der Waals surface area contributed by atoms with E-state index in [0.29, 0.717) is 47.8 Å². The maximum atomic E-state index is 13.1. The van der Waals surface area contributed by atoms with Gasteiger partial charge in [-0.25, -0.2) is 13.2 Å². The second-order valence-electron chi connectivity index (χ2n) is 5.81. The van der Waals surface area contributed by atoms with Gasteiger partial charge in [0.1, 0.15) is 5.75 Å². The van der Waals surface area contributed by atoms with Crippen LogP contribution in [0.3, 0.4) is 0 Å². The molecule has 2 rings (SSSR count). The summed E-state index contributed by atoms with van der Waals surface area (Å²) in [6.07, 6.45) is 0.147. The molecule has 1 fully saturated rings. The van der Waals surface area contributed by atoms with Crippen molar-refractivity contribution in [1.29, 1.82) is 0 Å². The molecular weight excluding hydrogens is 332 g/mol. The van der Waals surface area contributed by atoms with E-state index in [9.17, 15) is 13.2 Å². The molecule has 134 valence electrons. The average Bonchev–Trinajstić information content (AvgIpc) is 2.79. The monoisotopic (exact) mass is 356 g/mol. The fourth-order valence-corrected chi connectivity index (χ4v) is 4.89. The summed E-state index contributed by atoms with van der Waals surface area (Å²) in [6.45, 7) is 4.96. The summed E-state index contributed by atoms with van der Waals surface area (Å²) in [4.78, 5) is 13.5. The molecule has 1 aromatic carbocycles. The summed E-state index contributed by atoms with van der Waals surface area (Å²) >= 11 is 0. The van der Waals surface area contributed by atoms with Crippen LogP contribution in [0, 0.1) is 13.8 Å². The van der Waals surface area contributed by atoms with Crippen LogP contribution in [0.1, 0.15) is 17.5 Å². The molecule has 1 amide bonds. The molecule has 0 bridgehead atoms. The zero-order chi connectivity index (χ0) is 17.9. The van der Waals surface area contributed by atoms with Crippen LogP contribution in [0.4, 0.5) is 4.79 Å². The topological polar surface area (TPSA) is 76.2 Å². The number of carbonyl (C=O) groups is 1. The Morgan fingerprint density at radius 3 is 2.21 bits per heavy atom. The first-order valence-corrected chi connectivity index (χ1v) is 9.23. The van der Waals surface area contributed by atoms with Gasteiger partial charge in [-0.1, -0.05) is 0 Å². The molecule has 1 aliphatic heterocycles. The van der Waals surface area contributed by atoms with Crippen LogP contribution in [0.2, 0.25) is 0 Å². The Bertz CT molecular complexity index is 694. The van der Waals surface area contributed by atoms with Crippen LogP contribution in [-0.2, 0) is 14.8 Å². The van der Waals surface area contributed by atoms with Crippen molar-refractivity contribution >= 4 is 16.1 Å². The van der Waals surface area contributed by atoms with E-state index in [0.717, 1.165) is 0 Å². The molecule has 0 N–H and O–H groups in total. The lowest BCUT2D eigenvalue weighted by atomic mass is 10.1. The molecule has 0 spiro atoms. The van der Waals surface area contributed by atoms with Crippen LogP contribution < -0.4 is 4.74 Å². The third kappa shape index (κ3) is 3.64. The van der Waals surface area contributed by atoms with Gasteiger partial charge >= 0.3 is 6.09 Å². The van der Waals surface area contributed by atoms with Crippen LogP contribution in [0.15, 0.2) is 17.0 Å². The lowest BCUT2D eigenvalue weighted by molar-refractivity contribution is 0.126. The van der Waals surface area contributed by atoms with Crippen LogP contribution in [0.5, 0.6) is 5.75 Å². The highest BCUT2D eigenvalue weighted by atomic mass is 32.2. The van der Waals surface area contributed by atoms with Crippen molar-refractivity contribution in [3.8, 4) is 5.75 Å². The summed E-state index contributed by atoms with van der Waals surface area (Å²) in [5.74, 6) is 0.636. The standard InChI is InChI=1S/C16H24N2O5S/c1-12-10-14(22-3)11-13(2)15(12)24(20,21)18-7-5-6-17(8-9-18)16(19)23-4/h10-11H,5-9H2,1-4H3. The highest BCUT2D eigenvalue weighted by molar-refractivity contribution is 7.89. The second-order valence-corrected chi connectivity index (χ2v) is 7.68. The predicted molar refractivity (Wildman–Crippen MR) is 89.8 cm³/mol. The minimum absolute atomic E-state index is 0.252. The average molecular weight is 356 g/mol. The molecule has 0 unspecified atom stereocenters. The Kier molecular flexibility index (Phi) is 5.71. The number of methoxy groups -OCH3 is 2. The van der Waals surface area contributed by atoms with E-state index in [1.165, 1.54) is 16.3 Å². The van der Waals surface area contributed by atoms with Gasteiger partial charge in [-0.2, -0.15) is 4.31 Å². The van der Waals surface area contributed by atoms with Crippen LogP contribution >= 0.6 is 0 Å². The molecule has 0 aromatic heterocycles. The largest absolute Gasteiger partial charge is 0.497 e. The smallest absolute Gasteiger partial charge is 0.409 e. The third-order valence-corrected chi connectivity index (χ3v) is 6.36. The van der Waals surface area contributed by atoms with Gasteiger partial charge in [0, 0.05) is 26.2 Å². The molecule has 0 atom stereocenters. The number of aryl methyl sites for hydroxylation is 2. The van der Waals surface area contributed by atoms with Gasteiger partial charge in [-0.15, -0.1) is 0 Å². The van der Waals surface area contributed by atoms with Crippen molar-refractivity contribution < 1.29 is 22.7 Å². The number of nitrogens with zero attached hydrogens (tertiary/aromatic N) is 2. The van der Waals surface area contributed by atoms with Crippen molar-refractivity contribution in [2.24, 2.45) is 0 Å². The zero-order valence-electron chi connectivity index (χ0n) is 14.5. The summed E-state index contributed by atoms with van der Waals surface area (Å²) < 4.78 is 37.5. The number of rotatable bonds is 3. The normalized spacial score (nSPS) is 16.6. The number of hydrogen-bond donors (Lipinski definition) is 0. The summed E-state index contributed by atoms with van der Waals surface area (Å²) in [5.41, 5.74) is 1.31. The summed E-state index contributed by atoms with van der Waals surface area (Å²) in [7, 11) is -0.749. The summed E-state index contributed by atoms with van der Waals surface area (Å²) in [5, 5.41) is 0. The minimum atomic E-state index is -3.63. The lowest BCUT2D eigenvalue weighted by Gasteiger charge is -2.23. The van der Waals surface area contributed by atoms with Gasteiger partial charge in [0.25, 0.3) is 0 Å². The SMILES string of the molecule is COC(=O)N1CCCN(S(=O)(=O)c2c(C)cc(OC)cc2C)CC1. The van der Waals surface area contributed by atoms with Crippen molar-refractivity contribution in [1.82, 2.24) is 9.21 Å². The Hall–Kier alpha value is -1.80. The molecule has 7 nitrogen and oxygen atoms in total. The quantitative estimate of drug-likeness (QED) is 0.825. The maximum Gasteiger partial charge on any atom is 0.409 e. The molecule has 0 saturated carbocycles. The van der Waals surface area contributed by atoms with E-state index >= 15 is 0 Å². The second kappa shape index (κ2) is 7.40. The molecule has 8 heteroatoms. The Morgan fingerprint density at radius 1 is 1.04 bits per heavy atom. The molecule has 1 saturated heterocycles. The van der Waals surface area contributed by atoms with Gasteiger partial charge in [-0.05, 0) is 43.5 Å². The minimum Gasteiger partial charge on any atom is -0.497 e. The molecule has 24 heavy (non-hydrogen) atoms. The summed E-state index contributed by atoms with van der Waals surface area (Å²) in [6, 6.07) is 3.44. The Balaban J connectivity index is 2.29. The first kappa shape index (κ1) is 18.5. The number of ether oxygens (including phenoxy) is 2. The van der Waals surface area contributed by atoms with Gasteiger partial charge < -0.3 is 14.4 Å². The molecule has 1 heterocycles. The van der Waals surface area contributed by atoms with Gasteiger partial charge in [0.2, 0.25) is 10.0 Å². The highest BCUT2D eigenvalue weighted by Crippen LogP contribution is 2.28. The number of benzene rings is 1. The number of carbonyl (C=O) groups excluding carboxylic acids is 1. The Labute approximate surface area is 143 Å². The van der Waals surface area contributed by atoms with Crippen molar-refractivity contribution in [2.75, 3.05) is 40.4 Å². The van der Waals surface area contributed by atoms with E-state index in [1.807, 2.05) is 0 Å². The van der Waals surface area contributed by atoms with Crippen molar-refractivity contribution in [3.05, 3.63) is 23.3 Å². The fraction of sp³-hybridized carbons (Fsp3) is 0.562. The highest BCUT2D eigenvalue weighted by Gasteiger charge is 2.31. The van der Waals surface area contributed by atoms with E-state index in [-0.39, 0.29) is 6.54 Å². The maximum absolute atomic E-state index is 13.1. The molecule has 1 aromatic rings. The fourth-order valence-electron chi connectivity index (χ4n) is 3.01. The zero-order valence-corrected chi connectivity index (χ0v) is 15.4. The molecular formula is C16H24N2O5S. The molecule has 0 radical (unpaired) electrons. The number of amides is 1. The van der Waals surface area contributed by atoms with Gasteiger partial charge in [0.15, 0.2) is 0 Å². The Morgan fingerprint density at radius 2 is 1.67 bits per heavy atom. The molecule has 1 aliphatic rings. The van der Waals surface area contributed by atoms with E-state index in [2.05, 4.69) is 0 Å². The van der Waals surface area contributed by atoms with Gasteiger partial charge in [-0.3, -0.25) is 0 Å².